The highest BCUT2D eigenvalue weighted by molar-refractivity contribution is 6.21. The van der Waals surface area contributed by atoms with E-state index in [0.717, 1.165) is 0 Å². The minimum atomic E-state index is -0.620. The molecule has 2 rings (SSSR count). The number of nitrogens with zero attached hydrogens (tertiary/aromatic N) is 2. The van der Waals surface area contributed by atoms with Gasteiger partial charge in [0.05, 0.1) is 18.1 Å². The molecule has 0 bridgehead atoms. The lowest BCUT2D eigenvalue weighted by Crippen LogP contribution is -2.11. The molecule has 0 aliphatic carbocycles. The zero-order valence-electron chi connectivity index (χ0n) is 8.17. The van der Waals surface area contributed by atoms with Gasteiger partial charge >= 0.3 is 5.95 Å². The van der Waals surface area contributed by atoms with E-state index in [0.29, 0.717) is 12.1 Å². The number of imidazole rings is 1. The Morgan fingerprint density at radius 3 is 3.06 bits per heavy atom. The van der Waals surface area contributed by atoms with Crippen LogP contribution in [0.1, 0.15) is 18.2 Å². The van der Waals surface area contributed by atoms with Crippen molar-refractivity contribution < 1.29 is 14.8 Å². The minimum absolute atomic E-state index is 0.119. The molecule has 0 radical (unpaired) electrons. The number of hydrogen-bond acceptors (Lipinski definition) is 5. The molecule has 8 heteroatoms. The molecule has 1 aromatic heterocycles. The largest absolute Gasteiger partial charge is 0.432 e. The SMILES string of the molecule is O=[N+]([O-])c1nc([C@@H]2O[C@H](CO)C[C@H]2Cl)c[nH]1. The Labute approximate surface area is 95.5 Å². The molecule has 88 valence electrons. The number of aromatic amines is 1. The van der Waals surface area contributed by atoms with Crippen molar-refractivity contribution in [2.75, 3.05) is 6.61 Å². The predicted octanol–water partition coefficient (Wildman–Crippen LogP) is 0.748. The molecule has 1 aliphatic rings. The van der Waals surface area contributed by atoms with Crippen molar-refractivity contribution in [3.05, 3.63) is 22.0 Å². The van der Waals surface area contributed by atoms with Crippen LogP contribution in [0.3, 0.4) is 0 Å². The third-order valence-corrected chi connectivity index (χ3v) is 2.81. The fourth-order valence-electron chi connectivity index (χ4n) is 1.66. The van der Waals surface area contributed by atoms with Gasteiger partial charge in [-0.05, 0) is 11.3 Å². The van der Waals surface area contributed by atoms with E-state index in [1.165, 1.54) is 6.20 Å². The molecule has 2 heterocycles. The first-order valence-electron chi connectivity index (χ1n) is 4.72. The highest BCUT2D eigenvalue weighted by Gasteiger charge is 2.38. The van der Waals surface area contributed by atoms with Gasteiger partial charge in [0.2, 0.25) is 0 Å². The highest BCUT2D eigenvalue weighted by Crippen LogP contribution is 2.36. The number of H-pyrrole nitrogens is 1. The van der Waals surface area contributed by atoms with Crippen LogP contribution in [0.5, 0.6) is 0 Å². The van der Waals surface area contributed by atoms with E-state index in [-0.39, 0.29) is 24.0 Å². The number of rotatable bonds is 3. The van der Waals surface area contributed by atoms with Gasteiger partial charge in [-0.2, -0.15) is 0 Å². The second-order valence-electron chi connectivity index (χ2n) is 3.52. The first-order chi connectivity index (χ1) is 7.61. The van der Waals surface area contributed by atoms with E-state index in [4.69, 9.17) is 21.4 Å². The number of hydrogen-bond donors (Lipinski definition) is 2. The summed E-state index contributed by atoms with van der Waals surface area (Å²) < 4.78 is 5.41. The number of ether oxygens (including phenoxy) is 1. The molecule has 1 aromatic rings. The molecule has 16 heavy (non-hydrogen) atoms. The van der Waals surface area contributed by atoms with Crippen LogP contribution < -0.4 is 0 Å². The summed E-state index contributed by atoms with van der Waals surface area (Å²) in [5.74, 6) is -0.338. The maximum atomic E-state index is 10.4. The van der Waals surface area contributed by atoms with Crippen LogP contribution in [0.4, 0.5) is 5.95 Å². The van der Waals surface area contributed by atoms with Gasteiger partial charge in [-0.15, -0.1) is 11.6 Å². The van der Waals surface area contributed by atoms with E-state index in [1.807, 2.05) is 0 Å². The van der Waals surface area contributed by atoms with Gasteiger partial charge in [0.15, 0.2) is 5.69 Å². The summed E-state index contributed by atoms with van der Waals surface area (Å²) in [6.07, 6.45) is 1.06. The van der Waals surface area contributed by atoms with Gasteiger partial charge in [0.1, 0.15) is 12.3 Å². The van der Waals surface area contributed by atoms with Gasteiger partial charge in [0, 0.05) is 0 Å². The zero-order chi connectivity index (χ0) is 11.7. The summed E-state index contributed by atoms with van der Waals surface area (Å²) >= 11 is 6.02. The summed E-state index contributed by atoms with van der Waals surface area (Å²) in [6, 6.07) is 0. The lowest BCUT2D eigenvalue weighted by molar-refractivity contribution is -0.393. The summed E-state index contributed by atoms with van der Waals surface area (Å²) in [7, 11) is 0. The molecule has 3 atom stereocenters. The average molecular weight is 248 g/mol. The number of aromatic nitrogens is 2. The fourth-order valence-corrected chi connectivity index (χ4v) is 2.05. The molecule has 0 spiro atoms. The second-order valence-corrected chi connectivity index (χ2v) is 4.08. The zero-order valence-corrected chi connectivity index (χ0v) is 8.92. The van der Waals surface area contributed by atoms with Crippen molar-refractivity contribution in [2.24, 2.45) is 0 Å². The smallest absolute Gasteiger partial charge is 0.394 e. The Bertz CT molecular complexity index is 396. The Morgan fingerprint density at radius 1 is 1.81 bits per heavy atom. The van der Waals surface area contributed by atoms with Crippen LogP contribution in [0.2, 0.25) is 0 Å². The summed E-state index contributed by atoms with van der Waals surface area (Å²) in [5.41, 5.74) is 0.391. The van der Waals surface area contributed by atoms with Crippen LogP contribution in [0, 0.1) is 10.1 Å². The first kappa shape index (κ1) is 11.3. The van der Waals surface area contributed by atoms with Crippen molar-refractivity contribution in [1.82, 2.24) is 9.97 Å². The molecule has 1 saturated heterocycles. The molecule has 0 unspecified atom stereocenters. The topological polar surface area (TPSA) is 101 Å². The van der Waals surface area contributed by atoms with Gasteiger partial charge in [-0.3, -0.25) is 0 Å². The van der Waals surface area contributed by atoms with Gasteiger partial charge in [0.25, 0.3) is 0 Å². The number of aliphatic hydroxyl groups is 1. The average Bonchev–Trinajstić information content (AvgIpc) is 2.83. The number of halogens is 1. The summed E-state index contributed by atoms with van der Waals surface area (Å²) in [6.45, 7) is -0.119. The first-order valence-corrected chi connectivity index (χ1v) is 5.15. The van der Waals surface area contributed by atoms with Crippen LogP contribution in [-0.2, 0) is 4.74 Å². The van der Waals surface area contributed by atoms with Gasteiger partial charge in [-0.1, -0.05) is 4.98 Å². The monoisotopic (exact) mass is 247 g/mol. The Hall–Kier alpha value is -1.18. The third-order valence-electron chi connectivity index (χ3n) is 2.41. The van der Waals surface area contributed by atoms with Crippen molar-refractivity contribution in [3.63, 3.8) is 0 Å². The molecule has 1 aliphatic heterocycles. The van der Waals surface area contributed by atoms with E-state index in [2.05, 4.69) is 9.97 Å². The molecular weight excluding hydrogens is 238 g/mol. The third kappa shape index (κ3) is 2.01. The predicted molar refractivity (Wildman–Crippen MR) is 54.2 cm³/mol. The van der Waals surface area contributed by atoms with E-state index >= 15 is 0 Å². The maximum absolute atomic E-state index is 10.4. The Morgan fingerprint density at radius 2 is 2.56 bits per heavy atom. The summed E-state index contributed by atoms with van der Waals surface area (Å²) in [4.78, 5) is 16.0. The molecule has 0 aromatic carbocycles. The van der Waals surface area contributed by atoms with Crippen LogP contribution in [0.25, 0.3) is 0 Å². The van der Waals surface area contributed by atoms with Crippen molar-refractivity contribution in [1.29, 1.82) is 0 Å². The maximum Gasteiger partial charge on any atom is 0.432 e. The van der Waals surface area contributed by atoms with Crippen LogP contribution in [0.15, 0.2) is 6.20 Å². The quantitative estimate of drug-likeness (QED) is 0.466. The van der Waals surface area contributed by atoms with E-state index in [9.17, 15) is 10.1 Å². The van der Waals surface area contributed by atoms with Gasteiger partial charge < -0.3 is 20.0 Å². The van der Waals surface area contributed by atoms with Crippen molar-refractivity contribution >= 4 is 17.5 Å². The number of aliphatic hydroxyl groups excluding tert-OH is 1. The van der Waals surface area contributed by atoms with E-state index in [1.54, 1.807) is 0 Å². The number of nitro groups is 1. The Kier molecular flexibility index (Phi) is 3.08. The lowest BCUT2D eigenvalue weighted by Gasteiger charge is -2.08. The van der Waals surface area contributed by atoms with Gasteiger partial charge in [-0.25, -0.2) is 4.98 Å². The molecular formula is C8H10ClN3O4. The lowest BCUT2D eigenvalue weighted by atomic mass is 10.1. The van der Waals surface area contributed by atoms with Crippen molar-refractivity contribution in [2.45, 2.75) is 24.0 Å². The standard InChI is InChI=1S/C8H10ClN3O4/c9-5-1-4(3-13)16-7(5)6-2-10-8(11-6)12(14)15/h2,4-5,7,13H,1,3H2,(H,10,11)/t4-,5+,7+/m0/s1. The van der Waals surface area contributed by atoms with E-state index < -0.39 is 11.0 Å². The van der Waals surface area contributed by atoms with Crippen LogP contribution in [-0.4, -0.2) is 38.1 Å². The normalized spacial score (nSPS) is 29.5. The number of alkyl halides is 1. The Balaban J connectivity index is 2.15. The number of nitrogens with one attached hydrogen (secondary N) is 1. The summed E-state index contributed by atoms with van der Waals surface area (Å²) in [5, 5.41) is 19.0. The molecule has 1 fully saturated rings. The molecule has 0 saturated carbocycles. The minimum Gasteiger partial charge on any atom is -0.394 e. The molecule has 2 N–H and O–H groups in total. The second kappa shape index (κ2) is 4.36. The molecule has 7 nitrogen and oxygen atoms in total. The molecule has 0 amide bonds. The highest BCUT2D eigenvalue weighted by atomic mass is 35.5. The fraction of sp³-hybridized carbons (Fsp3) is 0.625. The van der Waals surface area contributed by atoms with Crippen molar-refractivity contribution in [3.8, 4) is 0 Å². The van der Waals surface area contributed by atoms with Crippen LogP contribution >= 0.6 is 11.6 Å².